The first-order valence-corrected chi connectivity index (χ1v) is 7.91. The standard InChI is InChI=1S/C18H20N6/c1-11-14-7-5-13(9-17(14)21-23(11)2)20-10-18-15-6-4-12(19)8-16(15)22-24(18)3/h4-9,20H,10,19H2,1-3H3. The highest BCUT2D eigenvalue weighted by atomic mass is 15.3. The Labute approximate surface area is 139 Å². The summed E-state index contributed by atoms with van der Waals surface area (Å²) in [4.78, 5) is 0. The second kappa shape index (κ2) is 5.26. The lowest BCUT2D eigenvalue weighted by Gasteiger charge is -2.07. The third-order valence-corrected chi connectivity index (χ3v) is 4.57. The van der Waals surface area contributed by atoms with E-state index in [1.165, 1.54) is 11.1 Å². The quantitative estimate of drug-likeness (QED) is 0.569. The zero-order valence-corrected chi connectivity index (χ0v) is 14.0. The van der Waals surface area contributed by atoms with Crippen molar-refractivity contribution < 1.29 is 0 Å². The van der Waals surface area contributed by atoms with E-state index in [1.807, 2.05) is 41.7 Å². The molecule has 2 aromatic carbocycles. The van der Waals surface area contributed by atoms with Crippen molar-refractivity contribution >= 4 is 33.2 Å². The van der Waals surface area contributed by atoms with Crippen molar-refractivity contribution in [3.05, 3.63) is 47.8 Å². The first kappa shape index (κ1) is 14.6. The molecule has 0 bridgehead atoms. The Kier molecular flexibility index (Phi) is 3.19. The second-order valence-electron chi connectivity index (χ2n) is 6.14. The van der Waals surface area contributed by atoms with Crippen molar-refractivity contribution in [3.8, 4) is 0 Å². The molecular weight excluding hydrogens is 300 g/mol. The molecule has 0 radical (unpaired) electrons. The van der Waals surface area contributed by atoms with Gasteiger partial charge in [0.25, 0.3) is 0 Å². The van der Waals surface area contributed by atoms with Crippen molar-refractivity contribution in [2.45, 2.75) is 13.5 Å². The molecule has 0 fully saturated rings. The lowest BCUT2D eigenvalue weighted by molar-refractivity contribution is 0.730. The van der Waals surface area contributed by atoms with Gasteiger partial charge in [-0.05, 0) is 43.3 Å². The molecule has 122 valence electrons. The van der Waals surface area contributed by atoms with Crippen LogP contribution in [0, 0.1) is 6.92 Å². The SMILES string of the molecule is Cc1c2ccc(NCc3c4ccc(N)cc4nn3C)cc2nn1C. The zero-order valence-electron chi connectivity index (χ0n) is 14.0. The van der Waals surface area contributed by atoms with Crippen LogP contribution in [0.5, 0.6) is 0 Å². The van der Waals surface area contributed by atoms with Gasteiger partial charge in [-0.1, -0.05) is 0 Å². The summed E-state index contributed by atoms with van der Waals surface area (Å²) in [6.07, 6.45) is 0. The van der Waals surface area contributed by atoms with Gasteiger partial charge in [0.2, 0.25) is 0 Å². The molecule has 2 heterocycles. The molecule has 0 saturated carbocycles. The van der Waals surface area contributed by atoms with Crippen LogP contribution in [0.1, 0.15) is 11.4 Å². The molecule has 24 heavy (non-hydrogen) atoms. The number of rotatable bonds is 3. The fraction of sp³-hybridized carbons (Fsp3) is 0.222. The summed E-state index contributed by atoms with van der Waals surface area (Å²) >= 11 is 0. The summed E-state index contributed by atoms with van der Waals surface area (Å²) in [7, 11) is 3.93. The molecule has 0 saturated heterocycles. The Bertz CT molecular complexity index is 1060. The minimum absolute atomic E-state index is 0.689. The molecule has 0 aliphatic carbocycles. The van der Waals surface area contributed by atoms with Gasteiger partial charge in [0.1, 0.15) is 0 Å². The zero-order chi connectivity index (χ0) is 16.8. The summed E-state index contributed by atoms with van der Waals surface area (Å²) in [6, 6.07) is 12.1. The van der Waals surface area contributed by atoms with E-state index in [0.717, 1.165) is 33.5 Å². The third-order valence-electron chi connectivity index (χ3n) is 4.57. The maximum Gasteiger partial charge on any atom is 0.0947 e. The van der Waals surface area contributed by atoms with E-state index in [0.29, 0.717) is 6.54 Å². The Balaban J connectivity index is 1.64. The van der Waals surface area contributed by atoms with Crippen LogP contribution in [0.3, 0.4) is 0 Å². The Morgan fingerprint density at radius 3 is 2.50 bits per heavy atom. The van der Waals surface area contributed by atoms with E-state index in [2.05, 4.69) is 40.6 Å². The summed E-state index contributed by atoms with van der Waals surface area (Å²) in [5.74, 6) is 0. The number of fused-ring (bicyclic) bond motifs is 2. The summed E-state index contributed by atoms with van der Waals surface area (Å²) in [6.45, 7) is 2.77. The van der Waals surface area contributed by atoms with Gasteiger partial charge in [-0.15, -0.1) is 0 Å². The average molecular weight is 320 g/mol. The number of aryl methyl sites for hydroxylation is 3. The van der Waals surface area contributed by atoms with E-state index < -0.39 is 0 Å². The van der Waals surface area contributed by atoms with E-state index in [-0.39, 0.29) is 0 Å². The molecule has 0 spiro atoms. The summed E-state index contributed by atoms with van der Waals surface area (Å²) < 4.78 is 3.81. The molecule has 6 nitrogen and oxygen atoms in total. The maximum absolute atomic E-state index is 5.84. The highest BCUT2D eigenvalue weighted by Crippen LogP contribution is 2.24. The lowest BCUT2D eigenvalue weighted by atomic mass is 10.1. The predicted molar refractivity (Wildman–Crippen MR) is 97.9 cm³/mol. The molecule has 2 aromatic heterocycles. The van der Waals surface area contributed by atoms with Gasteiger partial charge in [0, 0.05) is 41.9 Å². The van der Waals surface area contributed by atoms with Crippen molar-refractivity contribution in [2.75, 3.05) is 11.1 Å². The highest BCUT2D eigenvalue weighted by molar-refractivity contribution is 5.86. The van der Waals surface area contributed by atoms with Crippen molar-refractivity contribution in [1.82, 2.24) is 19.6 Å². The molecule has 0 amide bonds. The van der Waals surface area contributed by atoms with Crippen LogP contribution >= 0.6 is 0 Å². The largest absolute Gasteiger partial charge is 0.399 e. The fourth-order valence-electron chi connectivity index (χ4n) is 3.11. The van der Waals surface area contributed by atoms with Gasteiger partial charge in [-0.25, -0.2) is 0 Å². The van der Waals surface area contributed by atoms with Gasteiger partial charge >= 0.3 is 0 Å². The van der Waals surface area contributed by atoms with Crippen LogP contribution in [0.4, 0.5) is 11.4 Å². The molecular formula is C18H20N6. The van der Waals surface area contributed by atoms with Gasteiger partial charge in [0.05, 0.1) is 23.3 Å². The molecule has 3 N–H and O–H groups in total. The molecule has 4 aromatic rings. The number of hydrogen-bond acceptors (Lipinski definition) is 4. The van der Waals surface area contributed by atoms with Crippen LogP contribution in [-0.4, -0.2) is 19.6 Å². The van der Waals surface area contributed by atoms with Gasteiger partial charge in [-0.3, -0.25) is 9.36 Å². The maximum atomic E-state index is 5.84. The number of nitrogens with one attached hydrogen (secondary N) is 1. The summed E-state index contributed by atoms with van der Waals surface area (Å²) in [5.41, 5.74) is 11.8. The number of anilines is 2. The minimum atomic E-state index is 0.689. The Morgan fingerprint density at radius 2 is 1.67 bits per heavy atom. The average Bonchev–Trinajstić information content (AvgIpc) is 3.01. The van der Waals surface area contributed by atoms with E-state index in [4.69, 9.17) is 5.73 Å². The topological polar surface area (TPSA) is 73.7 Å². The normalized spacial score (nSPS) is 11.5. The number of benzene rings is 2. The summed E-state index contributed by atoms with van der Waals surface area (Å²) in [5, 5.41) is 14.9. The highest BCUT2D eigenvalue weighted by Gasteiger charge is 2.10. The van der Waals surface area contributed by atoms with Crippen LogP contribution in [0.2, 0.25) is 0 Å². The Morgan fingerprint density at radius 1 is 0.958 bits per heavy atom. The van der Waals surface area contributed by atoms with Crippen molar-refractivity contribution in [3.63, 3.8) is 0 Å². The third kappa shape index (κ3) is 2.27. The van der Waals surface area contributed by atoms with E-state index in [9.17, 15) is 0 Å². The van der Waals surface area contributed by atoms with Crippen LogP contribution in [-0.2, 0) is 20.6 Å². The first-order valence-electron chi connectivity index (χ1n) is 7.91. The van der Waals surface area contributed by atoms with E-state index >= 15 is 0 Å². The monoisotopic (exact) mass is 320 g/mol. The van der Waals surface area contributed by atoms with Gasteiger partial charge in [-0.2, -0.15) is 10.2 Å². The number of nitrogens with zero attached hydrogens (tertiary/aromatic N) is 4. The van der Waals surface area contributed by atoms with Crippen molar-refractivity contribution in [2.24, 2.45) is 14.1 Å². The van der Waals surface area contributed by atoms with Crippen LogP contribution < -0.4 is 11.1 Å². The number of nitrogens with two attached hydrogens (primary N) is 1. The second-order valence-corrected chi connectivity index (χ2v) is 6.14. The minimum Gasteiger partial charge on any atom is -0.399 e. The van der Waals surface area contributed by atoms with E-state index in [1.54, 1.807) is 0 Å². The predicted octanol–water partition coefficient (Wildman–Crippen LogP) is 2.96. The molecule has 0 aliphatic rings. The fourth-order valence-corrected chi connectivity index (χ4v) is 3.11. The number of hydrogen-bond donors (Lipinski definition) is 2. The van der Waals surface area contributed by atoms with Crippen molar-refractivity contribution in [1.29, 1.82) is 0 Å². The smallest absolute Gasteiger partial charge is 0.0947 e. The van der Waals surface area contributed by atoms with Gasteiger partial charge < -0.3 is 11.1 Å². The number of aromatic nitrogens is 4. The van der Waals surface area contributed by atoms with Crippen LogP contribution in [0.25, 0.3) is 21.8 Å². The molecule has 0 aliphatic heterocycles. The molecule has 0 unspecified atom stereocenters. The van der Waals surface area contributed by atoms with Crippen LogP contribution in [0.15, 0.2) is 36.4 Å². The molecule has 0 atom stereocenters. The number of nitrogen functional groups attached to an aromatic ring is 1. The molecule has 6 heteroatoms. The van der Waals surface area contributed by atoms with Gasteiger partial charge in [0.15, 0.2) is 0 Å². The Hall–Kier alpha value is -3.02. The lowest BCUT2D eigenvalue weighted by Crippen LogP contribution is -2.05. The molecule has 4 rings (SSSR count). The first-order chi connectivity index (χ1) is 11.5.